The number of rotatable bonds is 6. The van der Waals surface area contributed by atoms with E-state index >= 15 is 0 Å². The largest absolute Gasteiger partial charge is 0.352 e. The van der Waals surface area contributed by atoms with E-state index in [1.165, 1.54) is 24.3 Å². The first-order chi connectivity index (χ1) is 12.9. The van der Waals surface area contributed by atoms with Crippen LogP contribution in [-0.4, -0.2) is 26.9 Å². The molecule has 0 heterocycles. The highest BCUT2D eigenvalue weighted by atomic mass is 35.5. The van der Waals surface area contributed by atoms with Gasteiger partial charge in [-0.15, -0.1) is 0 Å². The van der Waals surface area contributed by atoms with Crippen molar-refractivity contribution in [2.45, 2.75) is 43.5 Å². The molecule has 5 nitrogen and oxygen atoms in total. The molecule has 7 heteroatoms. The van der Waals surface area contributed by atoms with Crippen molar-refractivity contribution < 1.29 is 13.2 Å². The third kappa shape index (κ3) is 4.82. The number of aryl methyl sites for hydroxylation is 1. The summed E-state index contributed by atoms with van der Waals surface area (Å²) in [5.74, 6) is -0.291. The number of hydrogen-bond donors (Lipinski definition) is 1. The van der Waals surface area contributed by atoms with Gasteiger partial charge in [0.2, 0.25) is 5.91 Å². The molecule has 0 unspecified atom stereocenters. The zero-order valence-corrected chi connectivity index (χ0v) is 16.8. The molecule has 2 aromatic carbocycles. The Bertz CT molecular complexity index is 907. The van der Waals surface area contributed by atoms with Crippen LogP contribution in [0.2, 0.25) is 5.02 Å². The molecule has 1 saturated carbocycles. The van der Waals surface area contributed by atoms with Gasteiger partial charge >= 0.3 is 0 Å². The van der Waals surface area contributed by atoms with Crippen LogP contribution in [-0.2, 0) is 14.8 Å². The number of sulfonamides is 1. The minimum absolute atomic E-state index is 0.0991. The number of halogens is 1. The van der Waals surface area contributed by atoms with E-state index in [1.54, 1.807) is 18.2 Å². The Hall–Kier alpha value is -2.05. The summed E-state index contributed by atoms with van der Waals surface area (Å²) in [6.45, 7) is 1.63. The van der Waals surface area contributed by atoms with Gasteiger partial charge in [-0.05, 0) is 61.7 Å². The highest BCUT2D eigenvalue weighted by molar-refractivity contribution is 7.92. The van der Waals surface area contributed by atoms with E-state index in [0.29, 0.717) is 10.7 Å². The molecule has 0 spiro atoms. The van der Waals surface area contributed by atoms with Crippen LogP contribution >= 0.6 is 11.6 Å². The van der Waals surface area contributed by atoms with Gasteiger partial charge in [0.15, 0.2) is 0 Å². The van der Waals surface area contributed by atoms with E-state index in [9.17, 15) is 13.2 Å². The van der Waals surface area contributed by atoms with E-state index in [-0.39, 0.29) is 23.4 Å². The fraction of sp³-hybridized carbons (Fsp3) is 0.350. The van der Waals surface area contributed by atoms with Crippen LogP contribution in [0.3, 0.4) is 0 Å². The lowest BCUT2D eigenvalue weighted by molar-refractivity contribution is -0.120. The average Bonchev–Trinajstić information content (AvgIpc) is 3.13. The highest BCUT2D eigenvalue weighted by Crippen LogP contribution is 2.25. The van der Waals surface area contributed by atoms with Crippen molar-refractivity contribution in [3.63, 3.8) is 0 Å². The predicted octanol–water partition coefficient (Wildman–Crippen LogP) is 3.90. The molecule has 0 bridgehead atoms. The number of carbonyl (C=O) groups is 1. The molecule has 1 aliphatic carbocycles. The maximum Gasteiger partial charge on any atom is 0.264 e. The van der Waals surface area contributed by atoms with Crippen molar-refractivity contribution in [2.75, 3.05) is 10.8 Å². The van der Waals surface area contributed by atoms with E-state index in [2.05, 4.69) is 5.32 Å². The van der Waals surface area contributed by atoms with Gasteiger partial charge in [0.05, 0.1) is 10.6 Å². The van der Waals surface area contributed by atoms with Gasteiger partial charge in [0.25, 0.3) is 10.0 Å². The molecule has 0 saturated heterocycles. The van der Waals surface area contributed by atoms with Crippen LogP contribution < -0.4 is 9.62 Å². The summed E-state index contributed by atoms with van der Waals surface area (Å²) in [6, 6.07) is 13.2. The van der Waals surface area contributed by atoms with E-state index in [0.717, 1.165) is 35.6 Å². The van der Waals surface area contributed by atoms with Gasteiger partial charge in [-0.25, -0.2) is 8.42 Å². The second kappa shape index (κ2) is 8.31. The van der Waals surface area contributed by atoms with Crippen LogP contribution in [0.4, 0.5) is 5.69 Å². The summed E-state index contributed by atoms with van der Waals surface area (Å²) in [6.07, 6.45) is 4.07. The Balaban J connectivity index is 1.91. The molecule has 0 aromatic heterocycles. The van der Waals surface area contributed by atoms with E-state index in [1.807, 2.05) is 13.0 Å². The summed E-state index contributed by atoms with van der Waals surface area (Å²) >= 11 is 5.89. The molecule has 27 heavy (non-hydrogen) atoms. The first-order valence-electron chi connectivity index (χ1n) is 9.00. The monoisotopic (exact) mass is 406 g/mol. The van der Waals surface area contributed by atoms with Crippen LogP contribution in [0.25, 0.3) is 0 Å². The average molecular weight is 407 g/mol. The molecule has 0 atom stereocenters. The molecular formula is C20H23ClN2O3S. The van der Waals surface area contributed by atoms with Gasteiger partial charge in [-0.3, -0.25) is 9.10 Å². The molecule has 1 amide bonds. The maximum atomic E-state index is 13.2. The minimum Gasteiger partial charge on any atom is -0.352 e. The van der Waals surface area contributed by atoms with Gasteiger partial charge in [-0.2, -0.15) is 0 Å². The SMILES string of the molecule is Cc1cccc(N(CC(=O)NC2CCCC2)S(=O)(=O)c2ccc(Cl)cc2)c1. The molecule has 0 radical (unpaired) electrons. The van der Waals surface area contributed by atoms with E-state index in [4.69, 9.17) is 11.6 Å². The Labute approximate surface area is 165 Å². The van der Waals surface area contributed by atoms with Gasteiger partial charge in [-0.1, -0.05) is 36.6 Å². The summed E-state index contributed by atoms with van der Waals surface area (Å²) in [4.78, 5) is 12.7. The van der Waals surface area contributed by atoms with Gasteiger partial charge in [0.1, 0.15) is 6.54 Å². The molecule has 1 N–H and O–H groups in total. The fourth-order valence-electron chi connectivity index (χ4n) is 3.31. The number of nitrogens with one attached hydrogen (secondary N) is 1. The second-order valence-corrected chi connectivity index (χ2v) is 9.15. The zero-order valence-electron chi connectivity index (χ0n) is 15.2. The van der Waals surface area contributed by atoms with Crippen molar-refractivity contribution >= 4 is 33.2 Å². The van der Waals surface area contributed by atoms with Gasteiger partial charge in [0, 0.05) is 11.1 Å². The number of amides is 1. The lowest BCUT2D eigenvalue weighted by Gasteiger charge is -2.25. The van der Waals surface area contributed by atoms with Crippen LogP contribution in [0.1, 0.15) is 31.2 Å². The summed E-state index contributed by atoms with van der Waals surface area (Å²) in [5.41, 5.74) is 1.38. The standard InChI is InChI=1S/C20H23ClN2O3S/c1-15-5-4-8-18(13-15)23(14-20(24)22-17-6-2-3-7-17)27(25,26)19-11-9-16(21)10-12-19/h4-5,8-13,17H,2-3,6-7,14H2,1H3,(H,22,24). The Morgan fingerprint density at radius 1 is 1.15 bits per heavy atom. The normalized spacial score (nSPS) is 14.9. The molecule has 0 aliphatic heterocycles. The van der Waals surface area contributed by atoms with Crippen LogP contribution in [0, 0.1) is 6.92 Å². The third-order valence-electron chi connectivity index (χ3n) is 4.70. The molecule has 1 aliphatic rings. The quantitative estimate of drug-likeness (QED) is 0.791. The third-order valence-corrected chi connectivity index (χ3v) is 6.74. The second-order valence-electron chi connectivity index (χ2n) is 6.85. The highest BCUT2D eigenvalue weighted by Gasteiger charge is 2.28. The van der Waals surface area contributed by atoms with Crippen molar-refractivity contribution in [1.82, 2.24) is 5.32 Å². The molecule has 1 fully saturated rings. The molecule has 144 valence electrons. The Morgan fingerprint density at radius 3 is 2.44 bits per heavy atom. The fourth-order valence-corrected chi connectivity index (χ4v) is 4.84. The van der Waals surface area contributed by atoms with Crippen LogP contribution in [0.15, 0.2) is 53.4 Å². The number of nitrogens with zero attached hydrogens (tertiary/aromatic N) is 1. The molecule has 3 rings (SSSR count). The van der Waals surface area contributed by atoms with Crippen molar-refractivity contribution in [2.24, 2.45) is 0 Å². The Kier molecular flexibility index (Phi) is 6.07. The molecule has 2 aromatic rings. The summed E-state index contributed by atoms with van der Waals surface area (Å²) in [5, 5.41) is 3.41. The van der Waals surface area contributed by atoms with Crippen LogP contribution in [0.5, 0.6) is 0 Å². The first kappa shape index (κ1) is 19.7. The first-order valence-corrected chi connectivity index (χ1v) is 10.8. The number of anilines is 1. The number of carbonyl (C=O) groups excluding carboxylic acids is 1. The van der Waals surface area contributed by atoms with Crippen molar-refractivity contribution in [3.8, 4) is 0 Å². The topological polar surface area (TPSA) is 66.5 Å². The lowest BCUT2D eigenvalue weighted by atomic mass is 10.2. The predicted molar refractivity (Wildman–Crippen MR) is 108 cm³/mol. The van der Waals surface area contributed by atoms with Crippen molar-refractivity contribution in [3.05, 3.63) is 59.1 Å². The lowest BCUT2D eigenvalue weighted by Crippen LogP contribution is -2.43. The summed E-state index contributed by atoms with van der Waals surface area (Å²) in [7, 11) is -3.90. The number of hydrogen-bond acceptors (Lipinski definition) is 3. The maximum absolute atomic E-state index is 13.2. The molecular weight excluding hydrogens is 384 g/mol. The Morgan fingerprint density at radius 2 is 1.81 bits per heavy atom. The minimum atomic E-state index is -3.90. The van der Waals surface area contributed by atoms with Gasteiger partial charge < -0.3 is 5.32 Å². The smallest absolute Gasteiger partial charge is 0.264 e. The van der Waals surface area contributed by atoms with Crippen molar-refractivity contribution in [1.29, 1.82) is 0 Å². The van der Waals surface area contributed by atoms with E-state index < -0.39 is 10.0 Å². The summed E-state index contributed by atoms with van der Waals surface area (Å²) < 4.78 is 27.6. The zero-order chi connectivity index (χ0) is 19.4. The number of benzene rings is 2.